The van der Waals surface area contributed by atoms with E-state index in [4.69, 9.17) is 32.7 Å². The average molecular weight is 360 g/mol. The molecule has 0 spiro atoms. The van der Waals surface area contributed by atoms with E-state index in [2.05, 4.69) is 5.32 Å². The molecule has 126 valence electrons. The third kappa shape index (κ3) is 5.59. The van der Waals surface area contributed by atoms with Crippen LogP contribution in [-0.2, 0) is 14.3 Å². The van der Waals surface area contributed by atoms with Crippen LogP contribution in [0.4, 0.5) is 0 Å². The van der Waals surface area contributed by atoms with Crippen LogP contribution in [0.5, 0.6) is 5.75 Å². The molecule has 0 heterocycles. The van der Waals surface area contributed by atoms with Crippen LogP contribution < -0.4 is 10.1 Å². The zero-order valence-corrected chi connectivity index (χ0v) is 14.3. The molecule has 1 amide bonds. The van der Waals surface area contributed by atoms with Gasteiger partial charge in [0, 0.05) is 11.1 Å². The number of nitrogens with one attached hydrogen (secondary N) is 1. The summed E-state index contributed by atoms with van der Waals surface area (Å²) in [4.78, 5) is 23.7. The van der Waals surface area contributed by atoms with E-state index < -0.39 is 12.1 Å². The molecule has 5 nitrogen and oxygen atoms in total. The third-order valence-electron chi connectivity index (χ3n) is 3.62. The number of carbonyl (C=O) groups excluding carboxylic acids is 2. The zero-order valence-electron chi connectivity index (χ0n) is 12.8. The predicted molar refractivity (Wildman–Crippen MR) is 87.9 cm³/mol. The molecule has 0 aliphatic heterocycles. The Kier molecular flexibility index (Phi) is 6.54. The van der Waals surface area contributed by atoms with Gasteiger partial charge in [0.15, 0.2) is 12.7 Å². The van der Waals surface area contributed by atoms with Gasteiger partial charge in [-0.1, -0.05) is 36.0 Å². The minimum Gasteiger partial charge on any atom is -0.480 e. The van der Waals surface area contributed by atoms with Gasteiger partial charge in [-0.2, -0.15) is 0 Å². The molecule has 0 saturated heterocycles. The number of rotatable bonds is 6. The number of hydrogen-bond donors (Lipinski definition) is 1. The summed E-state index contributed by atoms with van der Waals surface area (Å²) in [5, 5.41) is 3.66. The molecule has 1 aliphatic carbocycles. The fraction of sp³-hybridized carbons (Fsp3) is 0.500. The largest absolute Gasteiger partial charge is 0.480 e. The minimum absolute atomic E-state index is 0.188. The molecule has 7 heteroatoms. The molecule has 0 radical (unpaired) electrons. The van der Waals surface area contributed by atoms with Crippen molar-refractivity contribution < 1.29 is 19.1 Å². The smallest absolute Gasteiger partial charge is 0.344 e. The van der Waals surface area contributed by atoms with Gasteiger partial charge in [-0.15, -0.1) is 0 Å². The van der Waals surface area contributed by atoms with Crippen LogP contribution in [0.1, 0.15) is 32.6 Å². The lowest BCUT2D eigenvalue weighted by Crippen LogP contribution is -2.41. The van der Waals surface area contributed by atoms with E-state index in [-0.39, 0.29) is 18.6 Å². The fourth-order valence-corrected chi connectivity index (χ4v) is 2.87. The number of ether oxygens (including phenoxy) is 2. The number of carbonyl (C=O) groups is 2. The maximum Gasteiger partial charge on any atom is 0.344 e. The van der Waals surface area contributed by atoms with E-state index in [1.54, 1.807) is 12.1 Å². The zero-order chi connectivity index (χ0) is 16.8. The SMILES string of the molecule is CC(OC(=O)COc1ccc(Cl)cc1Cl)C(=O)NC1CCCC1. The highest BCUT2D eigenvalue weighted by Gasteiger charge is 2.23. The van der Waals surface area contributed by atoms with Gasteiger partial charge in [0.1, 0.15) is 5.75 Å². The standard InChI is InChI=1S/C16H19Cl2NO4/c1-10(16(21)19-12-4-2-3-5-12)23-15(20)9-22-14-7-6-11(17)8-13(14)18/h6-8,10,12H,2-5,9H2,1H3,(H,19,21). The van der Waals surface area contributed by atoms with Crippen LogP contribution in [-0.4, -0.2) is 30.6 Å². The topological polar surface area (TPSA) is 64.6 Å². The molecule has 0 aromatic heterocycles. The van der Waals surface area contributed by atoms with Crippen molar-refractivity contribution in [3.63, 3.8) is 0 Å². The summed E-state index contributed by atoms with van der Waals surface area (Å²) in [7, 11) is 0. The summed E-state index contributed by atoms with van der Waals surface area (Å²) in [6.07, 6.45) is 3.34. The van der Waals surface area contributed by atoms with E-state index in [1.165, 1.54) is 13.0 Å². The summed E-state index contributed by atoms with van der Waals surface area (Å²) in [5.74, 6) is -0.587. The Balaban J connectivity index is 1.75. The van der Waals surface area contributed by atoms with Gasteiger partial charge >= 0.3 is 5.97 Å². The molecule has 1 aromatic rings. The lowest BCUT2D eigenvalue weighted by molar-refractivity contribution is -0.156. The maximum atomic E-state index is 11.9. The number of benzene rings is 1. The van der Waals surface area contributed by atoms with Gasteiger partial charge < -0.3 is 14.8 Å². The Labute approximate surface area is 145 Å². The Morgan fingerprint density at radius 3 is 2.65 bits per heavy atom. The molecule has 23 heavy (non-hydrogen) atoms. The Morgan fingerprint density at radius 2 is 2.00 bits per heavy atom. The summed E-state index contributed by atoms with van der Waals surface area (Å²) in [6, 6.07) is 4.87. The molecule has 1 atom stereocenters. The highest BCUT2D eigenvalue weighted by atomic mass is 35.5. The molecule has 1 fully saturated rings. The number of esters is 1. The fourth-order valence-electron chi connectivity index (χ4n) is 2.40. The van der Waals surface area contributed by atoms with Crippen molar-refractivity contribution in [1.29, 1.82) is 0 Å². The van der Waals surface area contributed by atoms with Crippen LogP contribution in [0.2, 0.25) is 10.0 Å². The van der Waals surface area contributed by atoms with Crippen LogP contribution in [0, 0.1) is 0 Å². The summed E-state index contributed by atoms with van der Waals surface area (Å²) >= 11 is 11.7. The van der Waals surface area contributed by atoms with Crippen molar-refractivity contribution in [2.45, 2.75) is 44.8 Å². The second kappa shape index (κ2) is 8.41. The van der Waals surface area contributed by atoms with Crippen LogP contribution in [0.25, 0.3) is 0 Å². The first-order valence-electron chi connectivity index (χ1n) is 7.53. The van der Waals surface area contributed by atoms with E-state index >= 15 is 0 Å². The lowest BCUT2D eigenvalue weighted by Gasteiger charge is -2.17. The highest BCUT2D eigenvalue weighted by molar-refractivity contribution is 6.35. The van der Waals surface area contributed by atoms with Gasteiger partial charge in [0.25, 0.3) is 5.91 Å². The van der Waals surface area contributed by atoms with Crippen molar-refractivity contribution in [1.82, 2.24) is 5.32 Å². The molecule has 1 unspecified atom stereocenters. The highest BCUT2D eigenvalue weighted by Crippen LogP contribution is 2.27. The van der Waals surface area contributed by atoms with Gasteiger partial charge in [-0.25, -0.2) is 4.79 Å². The first-order chi connectivity index (χ1) is 11.0. The van der Waals surface area contributed by atoms with E-state index in [1.807, 2.05) is 0 Å². The van der Waals surface area contributed by atoms with Crippen LogP contribution in [0.3, 0.4) is 0 Å². The predicted octanol–water partition coefficient (Wildman–Crippen LogP) is 3.36. The first kappa shape index (κ1) is 17.9. The molecular weight excluding hydrogens is 341 g/mol. The quantitative estimate of drug-likeness (QED) is 0.790. The third-order valence-corrected chi connectivity index (χ3v) is 4.15. The molecule has 1 N–H and O–H groups in total. The van der Waals surface area contributed by atoms with Crippen molar-refractivity contribution in [3.05, 3.63) is 28.2 Å². The minimum atomic E-state index is -0.854. The molecular formula is C16H19Cl2NO4. The number of hydrogen-bond acceptors (Lipinski definition) is 4. The summed E-state index contributed by atoms with van der Waals surface area (Å²) in [6.45, 7) is 1.21. The second-order valence-corrected chi connectivity index (χ2v) is 6.33. The molecule has 1 aliphatic rings. The number of halogens is 2. The second-order valence-electron chi connectivity index (χ2n) is 5.49. The van der Waals surface area contributed by atoms with Gasteiger partial charge in [0.2, 0.25) is 0 Å². The van der Waals surface area contributed by atoms with Crippen molar-refractivity contribution >= 4 is 35.1 Å². The van der Waals surface area contributed by atoms with Crippen molar-refractivity contribution in [3.8, 4) is 5.75 Å². The average Bonchev–Trinajstić information content (AvgIpc) is 2.99. The molecule has 2 rings (SSSR count). The summed E-state index contributed by atoms with van der Waals surface area (Å²) < 4.78 is 10.3. The summed E-state index contributed by atoms with van der Waals surface area (Å²) in [5.41, 5.74) is 0. The maximum absolute atomic E-state index is 11.9. The molecule has 1 aromatic carbocycles. The lowest BCUT2D eigenvalue weighted by atomic mass is 10.2. The van der Waals surface area contributed by atoms with Crippen molar-refractivity contribution in [2.24, 2.45) is 0 Å². The van der Waals surface area contributed by atoms with Crippen molar-refractivity contribution in [2.75, 3.05) is 6.61 Å². The Bertz CT molecular complexity index is 573. The monoisotopic (exact) mass is 359 g/mol. The van der Waals surface area contributed by atoms with Gasteiger partial charge in [-0.3, -0.25) is 4.79 Å². The van der Waals surface area contributed by atoms with E-state index in [0.29, 0.717) is 15.8 Å². The van der Waals surface area contributed by atoms with E-state index in [9.17, 15) is 9.59 Å². The Hall–Kier alpha value is -1.46. The van der Waals surface area contributed by atoms with E-state index in [0.717, 1.165) is 25.7 Å². The Morgan fingerprint density at radius 1 is 1.30 bits per heavy atom. The molecule has 1 saturated carbocycles. The first-order valence-corrected chi connectivity index (χ1v) is 8.29. The van der Waals surface area contributed by atoms with Crippen LogP contribution in [0.15, 0.2) is 18.2 Å². The normalized spacial score (nSPS) is 16.0. The van der Waals surface area contributed by atoms with Gasteiger partial charge in [-0.05, 0) is 38.0 Å². The number of amides is 1. The van der Waals surface area contributed by atoms with Gasteiger partial charge in [0.05, 0.1) is 5.02 Å². The molecule has 0 bridgehead atoms. The van der Waals surface area contributed by atoms with Crippen LogP contribution >= 0.6 is 23.2 Å².